The Morgan fingerprint density at radius 1 is 1.00 bits per heavy atom. The second-order valence-corrected chi connectivity index (χ2v) is 4.62. The molecule has 2 aromatic carbocycles. The first-order chi connectivity index (χ1) is 9.70. The van der Waals surface area contributed by atoms with Crippen molar-refractivity contribution in [2.45, 2.75) is 6.54 Å². The predicted octanol–water partition coefficient (Wildman–Crippen LogP) is 1.87. The highest BCUT2D eigenvalue weighted by atomic mass is 16.2. The number of nitrogens with two attached hydrogens (primary N) is 2. The zero-order valence-corrected chi connectivity index (χ0v) is 11.3. The Morgan fingerprint density at radius 2 is 1.65 bits per heavy atom. The number of carbonyl (C=O) groups is 1. The predicted molar refractivity (Wildman–Crippen MR) is 81.1 cm³/mol. The van der Waals surface area contributed by atoms with E-state index >= 15 is 0 Å². The number of carbonyl (C=O) groups excluding carboxylic acids is 1. The van der Waals surface area contributed by atoms with E-state index in [-0.39, 0.29) is 5.91 Å². The summed E-state index contributed by atoms with van der Waals surface area (Å²) >= 11 is 0. The van der Waals surface area contributed by atoms with Gasteiger partial charge in [0.2, 0.25) is 0 Å². The van der Waals surface area contributed by atoms with E-state index in [2.05, 4.69) is 0 Å². The second kappa shape index (κ2) is 6.73. The van der Waals surface area contributed by atoms with Crippen LogP contribution in [0.3, 0.4) is 0 Å². The van der Waals surface area contributed by atoms with Crippen LogP contribution in [0.15, 0.2) is 54.6 Å². The minimum atomic E-state index is -0.0284. The topological polar surface area (TPSA) is 72.3 Å². The minimum Gasteiger partial charge on any atom is -0.399 e. The van der Waals surface area contributed by atoms with Gasteiger partial charge in [0, 0.05) is 30.9 Å². The average molecular weight is 269 g/mol. The number of amides is 1. The van der Waals surface area contributed by atoms with Gasteiger partial charge in [-0.15, -0.1) is 0 Å². The smallest absolute Gasteiger partial charge is 0.254 e. The fraction of sp³-hybridized carbons (Fsp3) is 0.188. The number of benzene rings is 2. The molecule has 0 aliphatic carbocycles. The van der Waals surface area contributed by atoms with Crippen molar-refractivity contribution in [3.63, 3.8) is 0 Å². The lowest BCUT2D eigenvalue weighted by molar-refractivity contribution is 0.0748. The highest BCUT2D eigenvalue weighted by Crippen LogP contribution is 2.11. The van der Waals surface area contributed by atoms with Crippen LogP contribution < -0.4 is 11.5 Å². The van der Waals surface area contributed by atoms with E-state index in [1.54, 1.807) is 29.2 Å². The standard InChI is InChI=1S/C16H19N3O/c17-10-11-19(12-13-4-2-1-3-5-13)16(20)14-6-8-15(18)9-7-14/h1-9H,10-12,17-18H2. The molecule has 0 fully saturated rings. The summed E-state index contributed by atoms with van der Waals surface area (Å²) < 4.78 is 0. The molecule has 0 spiro atoms. The normalized spacial score (nSPS) is 10.2. The van der Waals surface area contributed by atoms with Crippen molar-refractivity contribution >= 4 is 11.6 Å². The molecule has 4 heteroatoms. The third kappa shape index (κ3) is 3.59. The molecule has 104 valence electrons. The lowest BCUT2D eigenvalue weighted by atomic mass is 10.1. The molecular weight excluding hydrogens is 250 g/mol. The zero-order valence-electron chi connectivity index (χ0n) is 11.3. The van der Waals surface area contributed by atoms with Crippen LogP contribution in [0.25, 0.3) is 0 Å². The van der Waals surface area contributed by atoms with Gasteiger partial charge >= 0.3 is 0 Å². The molecule has 0 unspecified atom stereocenters. The largest absolute Gasteiger partial charge is 0.399 e. The number of rotatable bonds is 5. The molecule has 1 amide bonds. The van der Waals surface area contributed by atoms with Gasteiger partial charge < -0.3 is 16.4 Å². The van der Waals surface area contributed by atoms with Gasteiger partial charge in [0.05, 0.1) is 0 Å². The van der Waals surface area contributed by atoms with Gasteiger partial charge in [-0.2, -0.15) is 0 Å². The fourth-order valence-electron chi connectivity index (χ4n) is 2.02. The molecule has 0 atom stereocenters. The lowest BCUT2D eigenvalue weighted by Gasteiger charge is -2.22. The van der Waals surface area contributed by atoms with Crippen LogP contribution in [0.5, 0.6) is 0 Å². The lowest BCUT2D eigenvalue weighted by Crippen LogP contribution is -2.34. The summed E-state index contributed by atoms with van der Waals surface area (Å²) in [4.78, 5) is 14.2. The van der Waals surface area contributed by atoms with Gasteiger partial charge in [-0.1, -0.05) is 30.3 Å². The Labute approximate surface area is 119 Å². The molecule has 0 saturated carbocycles. The molecule has 4 N–H and O–H groups in total. The SMILES string of the molecule is NCCN(Cc1ccccc1)C(=O)c1ccc(N)cc1. The average Bonchev–Trinajstić information content (AvgIpc) is 2.48. The van der Waals surface area contributed by atoms with E-state index in [0.29, 0.717) is 30.9 Å². The van der Waals surface area contributed by atoms with Crippen molar-refractivity contribution in [3.8, 4) is 0 Å². The Morgan fingerprint density at radius 3 is 2.25 bits per heavy atom. The molecule has 0 radical (unpaired) electrons. The number of nitrogens with zero attached hydrogens (tertiary/aromatic N) is 1. The van der Waals surface area contributed by atoms with Crippen molar-refractivity contribution < 1.29 is 4.79 Å². The summed E-state index contributed by atoms with van der Waals surface area (Å²) in [6.07, 6.45) is 0. The molecule has 0 heterocycles. The van der Waals surface area contributed by atoms with Crippen molar-refractivity contribution in [2.24, 2.45) is 5.73 Å². The maximum atomic E-state index is 12.5. The maximum Gasteiger partial charge on any atom is 0.254 e. The van der Waals surface area contributed by atoms with Gasteiger partial charge in [0.15, 0.2) is 0 Å². The summed E-state index contributed by atoms with van der Waals surface area (Å²) in [7, 11) is 0. The highest BCUT2D eigenvalue weighted by molar-refractivity contribution is 5.94. The van der Waals surface area contributed by atoms with Gasteiger partial charge in [-0.25, -0.2) is 0 Å². The first-order valence-electron chi connectivity index (χ1n) is 6.59. The maximum absolute atomic E-state index is 12.5. The number of nitrogen functional groups attached to an aromatic ring is 1. The van der Waals surface area contributed by atoms with Gasteiger partial charge in [-0.3, -0.25) is 4.79 Å². The van der Waals surface area contributed by atoms with E-state index in [1.165, 1.54) is 0 Å². The van der Waals surface area contributed by atoms with Crippen LogP contribution in [0.2, 0.25) is 0 Å². The Kier molecular flexibility index (Phi) is 4.74. The first kappa shape index (κ1) is 14.1. The highest BCUT2D eigenvalue weighted by Gasteiger charge is 2.15. The van der Waals surface area contributed by atoms with Gasteiger partial charge in [-0.05, 0) is 29.8 Å². The van der Waals surface area contributed by atoms with E-state index < -0.39 is 0 Å². The van der Waals surface area contributed by atoms with Gasteiger partial charge in [0.25, 0.3) is 5.91 Å². The fourth-order valence-corrected chi connectivity index (χ4v) is 2.02. The number of anilines is 1. The monoisotopic (exact) mass is 269 g/mol. The first-order valence-corrected chi connectivity index (χ1v) is 6.59. The molecule has 4 nitrogen and oxygen atoms in total. The van der Waals surface area contributed by atoms with Crippen LogP contribution in [0, 0.1) is 0 Å². The summed E-state index contributed by atoms with van der Waals surface area (Å²) in [5.41, 5.74) is 13.6. The van der Waals surface area contributed by atoms with Crippen LogP contribution in [-0.4, -0.2) is 23.9 Å². The van der Waals surface area contributed by atoms with E-state index in [1.807, 2.05) is 30.3 Å². The van der Waals surface area contributed by atoms with Crippen molar-refractivity contribution in [1.82, 2.24) is 4.90 Å². The van der Waals surface area contributed by atoms with Crippen molar-refractivity contribution in [3.05, 3.63) is 65.7 Å². The van der Waals surface area contributed by atoms with Crippen molar-refractivity contribution in [2.75, 3.05) is 18.8 Å². The quantitative estimate of drug-likeness (QED) is 0.814. The zero-order chi connectivity index (χ0) is 14.4. The molecule has 2 rings (SSSR count). The Bertz CT molecular complexity index is 552. The van der Waals surface area contributed by atoms with Crippen LogP contribution in [0.1, 0.15) is 15.9 Å². The third-order valence-corrected chi connectivity index (χ3v) is 3.06. The van der Waals surface area contributed by atoms with Gasteiger partial charge in [0.1, 0.15) is 0 Å². The molecule has 0 bridgehead atoms. The summed E-state index contributed by atoms with van der Waals surface area (Å²) in [5, 5.41) is 0. The van der Waals surface area contributed by atoms with E-state index in [0.717, 1.165) is 5.56 Å². The molecular formula is C16H19N3O. The van der Waals surface area contributed by atoms with Crippen LogP contribution in [-0.2, 0) is 6.54 Å². The van der Waals surface area contributed by atoms with E-state index in [9.17, 15) is 4.79 Å². The van der Waals surface area contributed by atoms with Crippen LogP contribution >= 0.6 is 0 Å². The molecule has 0 saturated heterocycles. The number of hydrogen-bond acceptors (Lipinski definition) is 3. The van der Waals surface area contributed by atoms with Crippen LogP contribution in [0.4, 0.5) is 5.69 Å². The Balaban J connectivity index is 2.15. The second-order valence-electron chi connectivity index (χ2n) is 4.62. The molecule has 2 aromatic rings. The summed E-state index contributed by atoms with van der Waals surface area (Å²) in [6, 6.07) is 16.8. The van der Waals surface area contributed by atoms with E-state index in [4.69, 9.17) is 11.5 Å². The van der Waals surface area contributed by atoms with Crippen molar-refractivity contribution in [1.29, 1.82) is 0 Å². The number of hydrogen-bond donors (Lipinski definition) is 2. The molecule has 0 aromatic heterocycles. The summed E-state index contributed by atoms with van der Waals surface area (Å²) in [5.74, 6) is -0.0284. The molecule has 0 aliphatic rings. The molecule has 0 aliphatic heterocycles. The third-order valence-electron chi connectivity index (χ3n) is 3.06. The molecule has 20 heavy (non-hydrogen) atoms. The minimum absolute atomic E-state index is 0.0284. The Hall–Kier alpha value is -2.33. The summed E-state index contributed by atoms with van der Waals surface area (Å²) in [6.45, 7) is 1.52.